The summed E-state index contributed by atoms with van der Waals surface area (Å²) in [5, 5.41) is 6.41. The van der Waals surface area contributed by atoms with Gasteiger partial charge in [0, 0.05) is 23.8 Å². The number of rotatable bonds is 5. The Morgan fingerprint density at radius 3 is 2.87 bits per heavy atom. The zero-order chi connectivity index (χ0) is 10.9. The standard InChI is InChI=1S/C8H14N4O2S/c1-6(7-4-9-10-5-7)11-15(13,14)12-8-2-3-8/h4-6,8,11-12H,2-3H2,1H3,(H,9,10). The molecule has 1 fully saturated rings. The molecule has 15 heavy (non-hydrogen) atoms. The molecule has 6 nitrogen and oxygen atoms in total. The molecule has 1 unspecified atom stereocenters. The average molecular weight is 230 g/mol. The summed E-state index contributed by atoms with van der Waals surface area (Å²) in [6.45, 7) is 1.77. The molecular formula is C8H14N4O2S. The molecule has 1 aliphatic carbocycles. The SMILES string of the molecule is CC(NS(=O)(=O)NC1CC1)c1cn[nH]c1. The molecule has 1 aromatic heterocycles. The van der Waals surface area contributed by atoms with E-state index >= 15 is 0 Å². The number of hydrogen-bond acceptors (Lipinski definition) is 3. The summed E-state index contributed by atoms with van der Waals surface area (Å²) in [6.07, 6.45) is 5.14. The summed E-state index contributed by atoms with van der Waals surface area (Å²) >= 11 is 0. The van der Waals surface area contributed by atoms with Gasteiger partial charge >= 0.3 is 0 Å². The molecule has 0 spiro atoms. The van der Waals surface area contributed by atoms with Crippen LogP contribution >= 0.6 is 0 Å². The molecule has 1 aliphatic rings. The smallest absolute Gasteiger partial charge is 0.277 e. The topological polar surface area (TPSA) is 86.9 Å². The highest BCUT2D eigenvalue weighted by Crippen LogP contribution is 2.20. The summed E-state index contributed by atoms with van der Waals surface area (Å²) in [4.78, 5) is 0. The van der Waals surface area contributed by atoms with Crippen LogP contribution in [0.1, 0.15) is 31.4 Å². The lowest BCUT2D eigenvalue weighted by Gasteiger charge is -2.12. The van der Waals surface area contributed by atoms with Gasteiger partial charge in [-0.2, -0.15) is 23.0 Å². The lowest BCUT2D eigenvalue weighted by molar-refractivity contribution is 0.551. The van der Waals surface area contributed by atoms with Crippen LogP contribution in [0.2, 0.25) is 0 Å². The Bertz CT molecular complexity index is 410. The second-order valence-electron chi connectivity index (χ2n) is 3.77. The van der Waals surface area contributed by atoms with Crippen molar-refractivity contribution in [3.8, 4) is 0 Å². The Balaban J connectivity index is 1.95. The first kappa shape index (κ1) is 10.6. The first-order valence-corrected chi connectivity index (χ1v) is 6.33. The second kappa shape index (κ2) is 3.92. The molecule has 0 aliphatic heterocycles. The first-order valence-electron chi connectivity index (χ1n) is 4.85. The van der Waals surface area contributed by atoms with Gasteiger partial charge in [0.05, 0.1) is 6.20 Å². The highest BCUT2D eigenvalue weighted by Gasteiger charge is 2.27. The number of nitrogens with one attached hydrogen (secondary N) is 3. The third-order valence-corrected chi connectivity index (χ3v) is 3.56. The van der Waals surface area contributed by atoms with Crippen LogP contribution < -0.4 is 9.44 Å². The van der Waals surface area contributed by atoms with Crippen molar-refractivity contribution in [2.45, 2.75) is 31.8 Å². The molecule has 0 amide bonds. The van der Waals surface area contributed by atoms with E-state index in [1.807, 2.05) is 0 Å². The van der Waals surface area contributed by atoms with Crippen LogP contribution in [0.3, 0.4) is 0 Å². The van der Waals surface area contributed by atoms with Crippen LogP contribution in [0.15, 0.2) is 12.4 Å². The fraction of sp³-hybridized carbons (Fsp3) is 0.625. The minimum absolute atomic E-state index is 0.124. The van der Waals surface area contributed by atoms with E-state index in [0.717, 1.165) is 18.4 Å². The van der Waals surface area contributed by atoms with Gasteiger partial charge in [0.15, 0.2) is 0 Å². The molecule has 1 saturated carbocycles. The third kappa shape index (κ3) is 3.01. The van der Waals surface area contributed by atoms with Crippen LogP contribution in [0.4, 0.5) is 0 Å². The molecule has 3 N–H and O–H groups in total. The quantitative estimate of drug-likeness (QED) is 0.668. The highest BCUT2D eigenvalue weighted by atomic mass is 32.2. The van der Waals surface area contributed by atoms with Gasteiger partial charge in [0.1, 0.15) is 0 Å². The number of H-pyrrole nitrogens is 1. The van der Waals surface area contributed by atoms with Crippen LogP contribution in [-0.2, 0) is 10.2 Å². The normalized spacial score (nSPS) is 19.0. The number of aromatic nitrogens is 2. The van der Waals surface area contributed by atoms with Gasteiger partial charge in [0.2, 0.25) is 0 Å². The van der Waals surface area contributed by atoms with Crippen LogP contribution in [0.5, 0.6) is 0 Å². The van der Waals surface area contributed by atoms with Gasteiger partial charge in [-0.1, -0.05) is 0 Å². The van der Waals surface area contributed by atoms with E-state index in [9.17, 15) is 8.42 Å². The van der Waals surface area contributed by atoms with E-state index in [1.165, 1.54) is 0 Å². The van der Waals surface area contributed by atoms with Gasteiger partial charge in [0.25, 0.3) is 10.2 Å². The molecule has 0 aromatic carbocycles. The van der Waals surface area contributed by atoms with Crippen molar-refractivity contribution in [3.63, 3.8) is 0 Å². The lowest BCUT2D eigenvalue weighted by atomic mass is 10.2. The van der Waals surface area contributed by atoms with E-state index in [1.54, 1.807) is 19.3 Å². The van der Waals surface area contributed by atoms with Crippen molar-refractivity contribution in [1.29, 1.82) is 0 Å². The summed E-state index contributed by atoms with van der Waals surface area (Å²) < 4.78 is 28.2. The first-order chi connectivity index (χ1) is 7.07. The van der Waals surface area contributed by atoms with Crippen molar-refractivity contribution in [3.05, 3.63) is 18.0 Å². The second-order valence-corrected chi connectivity index (χ2v) is 5.25. The molecule has 0 bridgehead atoms. The number of nitrogens with zero attached hydrogens (tertiary/aromatic N) is 1. The molecule has 7 heteroatoms. The van der Waals surface area contributed by atoms with Gasteiger partial charge in [-0.3, -0.25) is 5.10 Å². The molecule has 1 heterocycles. The molecule has 84 valence electrons. The fourth-order valence-corrected chi connectivity index (χ4v) is 2.60. The van der Waals surface area contributed by atoms with Crippen molar-refractivity contribution in [1.82, 2.24) is 19.6 Å². The van der Waals surface area contributed by atoms with E-state index in [-0.39, 0.29) is 12.1 Å². The molecule has 1 atom stereocenters. The Morgan fingerprint density at radius 1 is 1.60 bits per heavy atom. The minimum Gasteiger partial charge on any atom is -0.285 e. The van der Waals surface area contributed by atoms with Crippen molar-refractivity contribution in [2.24, 2.45) is 0 Å². The highest BCUT2D eigenvalue weighted by molar-refractivity contribution is 7.87. The monoisotopic (exact) mass is 230 g/mol. The predicted molar refractivity (Wildman–Crippen MR) is 55.2 cm³/mol. The Morgan fingerprint density at radius 2 is 2.33 bits per heavy atom. The van der Waals surface area contributed by atoms with Gasteiger partial charge in [-0.05, 0) is 19.8 Å². The zero-order valence-electron chi connectivity index (χ0n) is 8.40. The molecule has 0 radical (unpaired) electrons. The van der Waals surface area contributed by atoms with Gasteiger partial charge in [-0.25, -0.2) is 0 Å². The molecule has 2 rings (SSSR count). The largest absolute Gasteiger partial charge is 0.285 e. The van der Waals surface area contributed by atoms with Crippen molar-refractivity contribution >= 4 is 10.2 Å². The van der Waals surface area contributed by atoms with E-state index in [0.29, 0.717) is 0 Å². The van der Waals surface area contributed by atoms with E-state index < -0.39 is 10.2 Å². The van der Waals surface area contributed by atoms with Crippen LogP contribution in [0.25, 0.3) is 0 Å². The summed E-state index contributed by atoms with van der Waals surface area (Å²) in [7, 11) is -3.39. The van der Waals surface area contributed by atoms with Gasteiger partial charge in [-0.15, -0.1) is 0 Å². The van der Waals surface area contributed by atoms with Crippen LogP contribution in [0, 0.1) is 0 Å². The fourth-order valence-electron chi connectivity index (χ4n) is 1.25. The number of aromatic amines is 1. The third-order valence-electron chi connectivity index (χ3n) is 2.25. The summed E-state index contributed by atoms with van der Waals surface area (Å²) in [6, 6.07) is -0.154. The summed E-state index contributed by atoms with van der Waals surface area (Å²) in [5.74, 6) is 0. The number of hydrogen-bond donors (Lipinski definition) is 3. The van der Waals surface area contributed by atoms with E-state index in [2.05, 4.69) is 19.6 Å². The van der Waals surface area contributed by atoms with Crippen molar-refractivity contribution in [2.75, 3.05) is 0 Å². The molecule has 1 aromatic rings. The maximum Gasteiger partial charge on any atom is 0.277 e. The van der Waals surface area contributed by atoms with Crippen LogP contribution in [-0.4, -0.2) is 24.7 Å². The molecular weight excluding hydrogens is 216 g/mol. The summed E-state index contributed by atoms with van der Waals surface area (Å²) in [5.41, 5.74) is 0.816. The molecule has 0 saturated heterocycles. The Hall–Kier alpha value is -0.920. The maximum absolute atomic E-state index is 11.5. The maximum atomic E-state index is 11.5. The van der Waals surface area contributed by atoms with Gasteiger partial charge < -0.3 is 0 Å². The van der Waals surface area contributed by atoms with Crippen molar-refractivity contribution < 1.29 is 8.42 Å². The Kier molecular flexibility index (Phi) is 2.76. The van der Waals surface area contributed by atoms with E-state index in [4.69, 9.17) is 0 Å². The zero-order valence-corrected chi connectivity index (χ0v) is 9.21. The predicted octanol–water partition coefficient (Wildman–Crippen LogP) is 0.0571. The lowest BCUT2D eigenvalue weighted by Crippen LogP contribution is -2.39. The average Bonchev–Trinajstić information content (AvgIpc) is 2.78. The minimum atomic E-state index is -3.39. The Labute approximate surface area is 88.6 Å².